The summed E-state index contributed by atoms with van der Waals surface area (Å²) in [6.45, 7) is 4.36. The SMILES string of the molecule is CC(C)CC(CN)NC(=O)c1cccc(S(=O)(=O)Nc2ccc(F)cc2)c1.Cl. The highest BCUT2D eigenvalue weighted by Crippen LogP contribution is 2.18. The van der Waals surface area contributed by atoms with Crippen molar-refractivity contribution in [3.05, 3.63) is 59.9 Å². The molecule has 0 saturated carbocycles. The number of amides is 1. The van der Waals surface area contributed by atoms with Gasteiger partial charge < -0.3 is 11.1 Å². The van der Waals surface area contributed by atoms with Crippen molar-refractivity contribution < 1.29 is 17.6 Å². The summed E-state index contributed by atoms with van der Waals surface area (Å²) in [4.78, 5) is 12.4. The molecule has 0 aliphatic heterocycles. The van der Waals surface area contributed by atoms with Gasteiger partial charge in [0.15, 0.2) is 0 Å². The molecule has 0 heterocycles. The maximum Gasteiger partial charge on any atom is 0.261 e. The molecule has 9 heteroatoms. The second-order valence-electron chi connectivity index (χ2n) is 6.68. The smallest absolute Gasteiger partial charge is 0.261 e. The third-order valence-corrected chi connectivity index (χ3v) is 5.26. The quantitative estimate of drug-likeness (QED) is 0.599. The minimum Gasteiger partial charge on any atom is -0.348 e. The minimum absolute atomic E-state index is 0. The van der Waals surface area contributed by atoms with Crippen LogP contribution in [0, 0.1) is 11.7 Å². The zero-order chi connectivity index (χ0) is 20.0. The van der Waals surface area contributed by atoms with Gasteiger partial charge in [0, 0.05) is 23.8 Å². The largest absolute Gasteiger partial charge is 0.348 e. The highest BCUT2D eigenvalue weighted by Gasteiger charge is 2.18. The number of carbonyl (C=O) groups is 1. The van der Waals surface area contributed by atoms with Crippen molar-refractivity contribution in [3.8, 4) is 0 Å². The van der Waals surface area contributed by atoms with Crippen molar-refractivity contribution in [1.29, 1.82) is 0 Å². The van der Waals surface area contributed by atoms with Crippen LogP contribution in [0.4, 0.5) is 10.1 Å². The van der Waals surface area contributed by atoms with Gasteiger partial charge in [0.05, 0.1) is 4.90 Å². The van der Waals surface area contributed by atoms with Crippen LogP contribution in [0.2, 0.25) is 0 Å². The van der Waals surface area contributed by atoms with E-state index in [1.807, 2.05) is 13.8 Å². The van der Waals surface area contributed by atoms with Crippen LogP contribution in [0.3, 0.4) is 0 Å². The number of nitrogens with one attached hydrogen (secondary N) is 2. The number of anilines is 1. The molecule has 0 spiro atoms. The normalized spacial score (nSPS) is 12.2. The minimum atomic E-state index is -3.91. The van der Waals surface area contributed by atoms with E-state index in [2.05, 4.69) is 10.0 Å². The molecule has 0 fully saturated rings. The van der Waals surface area contributed by atoms with E-state index in [0.717, 1.165) is 18.6 Å². The van der Waals surface area contributed by atoms with Crippen molar-refractivity contribution in [1.82, 2.24) is 5.32 Å². The standard InChI is InChI=1S/C19H24FN3O3S.ClH/c1-13(2)10-17(12-21)22-19(24)14-4-3-5-18(11-14)27(25,26)23-16-8-6-15(20)7-9-16;/h3-9,11,13,17,23H,10,12,21H2,1-2H3,(H,22,24);1H. The first-order valence-corrected chi connectivity index (χ1v) is 10.1. The van der Waals surface area contributed by atoms with Crippen LogP contribution in [-0.2, 0) is 10.0 Å². The molecule has 0 radical (unpaired) electrons. The second kappa shape index (κ2) is 10.4. The lowest BCUT2D eigenvalue weighted by molar-refractivity contribution is 0.0933. The zero-order valence-corrected chi connectivity index (χ0v) is 17.3. The number of halogens is 2. The van der Waals surface area contributed by atoms with E-state index in [9.17, 15) is 17.6 Å². The summed E-state index contributed by atoms with van der Waals surface area (Å²) in [5.41, 5.74) is 6.15. The number of carbonyl (C=O) groups excluding carboxylic acids is 1. The van der Waals surface area contributed by atoms with E-state index < -0.39 is 15.8 Å². The van der Waals surface area contributed by atoms with E-state index in [1.54, 1.807) is 0 Å². The Balaban J connectivity index is 0.00000392. The summed E-state index contributed by atoms with van der Waals surface area (Å²) in [5.74, 6) is -0.483. The van der Waals surface area contributed by atoms with Crippen LogP contribution in [0.15, 0.2) is 53.4 Å². The van der Waals surface area contributed by atoms with Crippen LogP contribution < -0.4 is 15.8 Å². The Bertz CT molecular complexity index is 890. The molecule has 0 saturated heterocycles. The summed E-state index contributed by atoms with van der Waals surface area (Å²) >= 11 is 0. The number of rotatable bonds is 8. The first-order valence-electron chi connectivity index (χ1n) is 8.60. The predicted molar refractivity (Wildman–Crippen MR) is 111 cm³/mol. The Morgan fingerprint density at radius 2 is 1.79 bits per heavy atom. The van der Waals surface area contributed by atoms with Gasteiger partial charge in [-0.25, -0.2) is 12.8 Å². The third-order valence-electron chi connectivity index (χ3n) is 3.88. The lowest BCUT2D eigenvalue weighted by Crippen LogP contribution is -2.41. The molecule has 1 atom stereocenters. The fourth-order valence-electron chi connectivity index (χ4n) is 2.59. The van der Waals surface area contributed by atoms with E-state index >= 15 is 0 Å². The molecule has 0 bridgehead atoms. The number of benzene rings is 2. The maximum atomic E-state index is 13.0. The fraction of sp³-hybridized carbons (Fsp3) is 0.316. The molecule has 0 aliphatic carbocycles. The van der Waals surface area contributed by atoms with E-state index in [0.29, 0.717) is 12.5 Å². The van der Waals surface area contributed by atoms with Gasteiger partial charge in [-0.05, 0) is 54.8 Å². The summed E-state index contributed by atoms with van der Waals surface area (Å²) in [7, 11) is -3.91. The van der Waals surface area contributed by atoms with Crippen molar-refractivity contribution >= 4 is 34.0 Å². The molecule has 154 valence electrons. The van der Waals surface area contributed by atoms with Gasteiger partial charge in [-0.15, -0.1) is 12.4 Å². The van der Waals surface area contributed by atoms with Crippen LogP contribution >= 0.6 is 12.4 Å². The van der Waals surface area contributed by atoms with Gasteiger partial charge >= 0.3 is 0 Å². The Morgan fingerprint density at radius 3 is 2.36 bits per heavy atom. The molecule has 2 aromatic rings. The van der Waals surface area contributed by atoms with Crippen LogP contribution in [0.1, 0.15) is 30.6 Å². The van der Waals surface area contributed by atoms with Crippen molar-refractivity contribution in [3.63, 3.8) is 0 Å². The summed E-state index contributed by atoms with van der Waals surface area (Å²) in [6.07, 6.45) is 0.729. The molecule has 0 aliphatic rings. The summed E-state index contributed by atoms with van der Waals surface area (Å²) in [5, 5.41) is 2.83. The van der Waals surface area contributed by atoms with Crippen LogP contribution in [-0.4, -0.2) is 26.9 Å². The van der Waals surface area contributed by atoms with Crippen LogP contribution in [0.25, 0.3) is 0 Å². The van der Waals surface area contributed by atoms with Crippen LogP contribution in [0.5, 0.6) is 0 Å². The average molecular weight is 430 g/mol. The maximum absolute atomic E-state index is 13.0. The Kier molecular flexibility index (Phi) is 8.87. The van der Waals surface area contributed by atoms with Gasteiger partial charge in [-0.3, -0.25) is 9.52 Å². The molecule has 0 aromatic heterocycles. The molecule has 1 amide bonds. The zero-order valence-electron chi connectivity index (χ0n) is 15.7. The first-order chi connectivity index (χ1) is 12.7. The number of sulfonamides is 1. The topological polar surface area (TPSA) is 101 Å². The third kappa shape index (κ3) is 6.78. The van der Waals surface area contributed by atoms with Crippen molar-refractivity contribution in [2.75, 3.05) is 11.3 Å². The highest BCUT2D eigenvalue weighted by molar-refractivity contribution is 7.92. The van der Waals surface area contributed by atoms with Gasteiger partial charge in [0.1, 0.15) is 5.82 Å². The number of hydrogen-bond acceptors (Lipinski definition) is 4. The van der Waals surface area contributed by atoms with Gasteiger partial charge in [0.2, 0.25) is 0 Å². The molecule has 6 nitrogen and oxygen atoms in total. The molecule has 4 N–H and O–H groups in total. The molecule has 28 heavy (non-hydrogen) atoms. The van der Waals surface area contributed by atoms with E-state index in [4.69, 9.17) is 5.73 Å². The molecular weight excluding hydrogens is 405 g/mol. The molecule has 1 unspecified atom stereocenters. The lowest BCUT2D eigenvalue weighted by Gasteiger charge is -2.19. The highest BCUT2D eigenvalue weighted by atomic mass is 35.5. The lowest BCUT2D eigenvalue weighted by atomic mass is 10.0. The number of hydrogen-bond donors (Lipinski definition) is 3. The van der Waals surface area contributed by atoms with E-state index in [-0.39, 0.29) is 40.5 Å². The van der Waals surface area contributed by atoms with Gasteiger partial charge in [0.25, 0.3) is 15.9 Å². The van der Waals surface area contributed by atoms with Crippen molar-refractivity contribution in [2.45, 2.75) is 31.2 Å². The fourth-order valence-corrected chi connectivity index (χ4v) is 3.69. The predicted octanol–water partition coefficient (Wildman–Crippen LogP) is 3.15. The number of nitrogens with two attached hydrogens (primary N) is 1. The molecule has 2 rings (SSSR count). The first kappa shape index (κ1) is 23.9. The van der Waals surface area contributed by atoms with E-state index in [1.165, 1.54) is 36.4 Å². The Labute approximate surface area is 171 Å². The molecular formula is C19H25ClFN3O3S. The Morgan fingerprint density at radius 1 is 1.14 bits per heavy atom. The molecule has 2 aromatic carbocycles. The van der Waals surface area contributed by atoms with Gasteiger partial charge in [-0.2, -0.15) is 0 Å². The summed E-state index contributed by atoms with van der Waals surface area (Å²) < 4.78 is 40.4. The second-order valence-corrected chi connectivity index (χ2v) is 8.36. The Hall–Kier alpha value is -2.16. The average Bonchev–Trinajstić information content (AvgIpc) is 2.62. The van der Waals surface area contributed by atoms with Crippen molar-refractivity contribution in [2.24, 2.45) is 11.7 Å². The van der Waals surface area contributed by atoms with Gasteiger partial charge in [-0.1, -0.05) is 19.9 Å². The summed E-state index contributed by atoms with van der Waals surface area (Å²) in [6, 6.07) is 10.5. The monoisotopic (exact) mass is 429 g/mol.